The third-order valence-corrected chi connectivity index (χ3v) is 3.70. The molecule has 0 saturated heterocycles. The van der Waals surface area contributed by atoms with Crippen molar-refractivity contribution in [3.63, 3.8) is 0 Å². The summed E-state index contributed by atoms with van der Waals surface area (Å²) in [6.45, 7) is 9.09. The van der Waals surface area contributed by atoms with Crippen molar-refractivity contribution in [2.24, 2.45) is 5.73 Å². The van der Waals surface area contributed by atoms with Gasteiger partial charge in [0, 0.05) is 19.0 Å². The largest absolute Gasteiger partial charge is 0.352 e. The van der Waals surface area contributed by atoms with Crippen molar-refractivity contribution in [3.8, 4) is 0 Å². The first-order chi connectivity index (χ1) is 9.82. The van der Waals surface area contributed by atoms with Crippen molar-refractivity contribution in [1.29, 1.82) is 0 Å². The standard InChI is InChI=1S/C18H30N2O.ClH/c1-14(13-19)20-17(21)8-6-5-7-15-9-11-16(12-10-15)18(2,3)4;/h9-12,14H,5-8,13,19H2,1-4H3,(H,20,21);1H/t14-;/m0./s1. The highest BCUT2D eigenvalue weighted by molar-refractivity contribution is 5.85. The van der Waals surface area contributed by atoms with E-state index in [-0.39, 0.29) is 29.8 Å². The first-order valence-corrected chi connectivity index (χ1v) is 7.92. The monoisotopic (exact) mass is 326 g/mol. The molecule has 0 aliphatic rings. The number of hydrogen-bond donors (Lipinski definition) is 2. The van der Waals surface area contributed by atoms with Crippen LogP contribution in [-0.4, -0.2) is 18.5 Å². The van der Waals surface area contributed by atoms with E-state index < -0.39 is 0 Å². The fraction of sp³-hybridized carbons (Fsp3) is 0.611. The predicted molar refractivity (Wildman–Crippen MR) is 96.6 cm³/mol. The summed E-state index contributed by atoms with van der Waals surface area (Å²) in [5.74, 6) is 0.107. The Kier molecular flexibility index (Phi) is 9.38. The van der Waals surface area contributed by atoms with Gasteiger partial charge in [-0.1, -0.05) is 45.0 Å². The van der Waals surface area contributed by atoms with E-state index in [1.54, 1.807) is 0 Å². The zero-order valence-electron chi connectivity index (χ0n) is 14.3. The van der Waals surface area contributed by atoms with Gasteiger partial charge < -0.3 is 11.1 Å². The first kappa shape index (κ1) is 20.9. The van der Waals surface area contributed by atoms with Crippen molar-refractivity contribution in [1.82, 2.24) is 5.32 Å². The summed E-state index contributed by atoms with van der Waals surface area (Å²) in [6, 6.07) is 8.91. The van der Waals surface area contributed by atoms with Crippen LogP contribution in [0.3, 0.4) is 0 Å². The number of halogens is 1. The molecule has 1 aromatic carbocycles. The molecule has 0 aromatic heterocycles. The number of nitrogens with two attached hydrogens (primary N) is 1. The van der Waals surface area contributed by atoms with E-state index in [2.05, 4.69) is 50.4 Å². The number of unbranched alkanes of at least 4 members (excludes halogenated alkanes) is 1. The second kappa shape index (κ2) is 9.86. The molecular formula is C18H31ClN2O. The van der Waals surface area contributed by atoms with Crippen LogP contribution in [0.5, 0.6) is 0 Å². The molecule has 1 atom stereocenters. The van der Waals surface area contributed by atoms with Gasteiger partial charge in [-0.15, -0.1) is 12.4 Å². The maximum absolute atomic E-state index is 11.6. The number of amides is 1. The molecule has 126 valence electrons. The Morgan fingerprint density at radius 3 is 2.27 bits per heavy atom. The topological polar surface area (TPSA) is 55.1 Å². The third-order valence-electron chi connectivity index (χ3n) is 3.70. The highest BCUT2D eigenvalue weighted by Gasteiger charge is 2.12. The van der Waals surface area contributed by atoms with Gasteiger partial charge in [0.05, 0.1) is 0 Å². The minimum Gasteiger partial charge on any atom is -0.352 e. The van der Waals surface area contributed by atoms with E-state index in [1.807, 2.05) is 6.92 Å². The number of hydrogen-bond acceptors (Lipinski definition) is 2. The van der Waals surface area contributed by atoms with Crippen LogP contribution >= 0.6 is 12.4 Å². The van der Waals surface area contributed by atoms with E-state index in [0.29, 0.717) is 13.0 Å². The van der Waals surface area contributed by atoms with Crippen LogP contribution in [0, 0.1) is 0 Å². The van der Waals surface area contributed by atoms with E-state index in [1.165, 1.54) is 11.1 Å². The Hall–Kier alpha value is -1.06. The number of carbonyl (C=O) groups excluding carboxylic acids is 1. The maximum Gasteiger partial charge on any atom is 0.220 e. The second-order valence-electron chi connectivity index (χ2n) is 6.86. The van der Waals surface area contributed by atoms with Crippen molar-refractivity contribution < 1.29 is 4.79 Å². The second-order valence-corrected chi connectivity index (χ2v) is 6.86. The highest BCUT2D eigenvalue weighted by atomic mass is 35.5. The fourth-order valence-corrected chi connectivity index (χ4v) is 2.19. The predicted octanol–water partition coefficient (Wildman–Crippen LogP) is 3.58. The molecule has 1 rings (SSSR count). The number of benzene rings is 1. The van der Waals surface area contributed by atoms with Gasteiger partial charge in [0.2, 0.25) is 5.91 Å². The Morgan fingerprint density at radius 2 is 1.77 bits per heavy atom. The van der Waals surface area contributed by atoms with E-state index in [0.717, 1.165) is 19.3 Å². The van der Waals surface area contributed by atoms with Crippen molar-refractivity contribution in [2.75, 3.05) is 6.54 Å². The summed E-state index contributed by atoms with van der Waals surface area (Å²) in [4.78, 5) is 11.6. The van der Waals surface area contributed by atoms with Crippen LogP contribution in [0.1, 0.15) is 58.1 Å². The van der Waals surface area contributed by atoms with Crippen LogP contribution in [0.4, 0.5) is 0 Å². The van der Waals surface area contributed by atoms with Crippen LogP contribution in [0.2, 0.25) is 0 Å². The Balaban J connectivity index is 0.00000441. The molecule has 0 spiro atoms. The lowest BCUT2D eigenvalue weighted by molar-refractivity contribution is -0.121. The molecule has 3 N–H and O–H groups in total. The summed E-state index contributed by atoms with van der Waals surface area (Å²) < 4.78 is 0. The molecule has 1 aromatic rings. The normalized spacial score (nSPS) is 12.4. The lowest BCUT2D eigenvalue weighted by Crippen LogP contribution is -2.37. The number of aryl methyl sites for hydroxylation is 1. The minimum absolute atomic E-state index is 0. The summed E-state index contributed by atoms with van der Waals surface area (Å²) in [7, 11) is 0. The summed E-state index contributed by atoms with van der Waals surface area (Å²) in [5, 5.41) is 2.89. The molecule has 0 aliphatic heterocycles. The third kappa shape index (κ3) is 7.81. The minimum atomic E-state index is 0. The first-order valence-electron chi connectivity index (χ1n) is 7.92. The van der Waals surface area contributed by atoms with Gasteiger partial charge in [0.25, 0.3) is 0 Å². The van der Waals surface area contributed by atoms with E-state index in [4.69, 9.17) is 5.73 Å². The van der Waals surface area contributed by atoms with Crippen LogP contribution < -0.4 is 11.1 Å². The maximum atomic E-state index is 11.6. The molecule has 0 aliphatic carbocycles. The molecule has 0 saturated carbocycles. The average Bonchev–Trinajstić information content (AvgIpc) is 2.43. The molecular weight excluding hydrogens is 296 g/mol. The lowest BCUT2D eigenvalue weighted by atomic mass is 9.86. The summed E-state index contributed by atoms with van der Waals surface area (Å²) in [5.41, 5.74) is 8.39. The van der Waals surface area contributed by atoms with Gasteiger partial charge in [-0.2, -0.15) is 0 Å². The molecule has 22 heavy (non-hydrogen) atoms. The van der Waals surface area contributed by atoms with E-state index >= 15 is 0 Å². The van der Waals surface area contributed by atoms with Gasteiger partial charge >= 0.3 is 0 Å². The van der Waals surface area contributed by atoms with Gasteiger partial charge in [-0.3, -0.25) is 4.79 Å². The Bertz CT molecular complexity index is 437. The lowest BCUT2D eigenvalue weighted by Gasteiger charge is -2.19. The molecule has 1 amide bonds. The highest BCUT2D eigenvalue weighted by Crippen LogP contribution is 2.22. The van der Waals surface area contributed by atoms with Crippen molar-refractivity contribution in [2.45, 2.75) is 64.8 Å². The van der Waals surface area contributed by atoms with E-state index in [9.17, 15) is 4.79 Å². The molecule has 0 bridgehead atoms. The molecule has 3 nitrogen and oxygen atoms in total. The number of rotatable bonds is 7. The smallest absolute Gasteiger partial charge is 0.220 e. The molecule has 4 heteroatoms. The van der Waals surface area contributed by atoms with Crippen molar-refractivity contribution >= 4 is 18.3 Å². The van der Waals surface area contributed by atoms with Gasteiger partial charge in [0.15, 0.2) is 0 Å². The van der Waals surface area contributed by atoms with Gasteiger partial charge in [-0.05, 0) is 42.7 Å². The average molecular weight is 327 g/mol. The van der Waals surface area contributed by atoms with Crippen LogP contribution in [0.15, 0.2) is 24.3 Å². The zero-order valence-corrected chi connectivity index (χ0v) is 15.1. The molecule has 0 unspecified atom stereocenters. The van der Waals surface area contributed by atoms with Crippen molar-refractivity contribution in [3.05, 3.63) is 35.4 Å². The Morgan fingerprint density at radius 1 is 1.18 bits per heavy atom. The van der Waals surface area contributed by atoms with Crippen LogP contribution in [-0.2, 0) is 16.6 Å². The number of carbonyl (C=O) groups is 1. The molecule has 0 fully saturated rings. The van der Waals surface area contributed by atoms with Gasteiger partial charge in [0.1, 0.15) is 0 Å². The van der Waals surface area contributed by atoms with Gasteiger partial charge in [-0.25, -0.2) is 0 Å². The molecule has 0 radical (unpaired) electrons. The Labute approximate surface area is 141 Å². The quantitative estimate of drug-likeness (QED) is 0.752. The van der Waals surface area contributed by atoms with Crippen LogP contribution in [0.25, 0.3) is 0 Å². The molecule has 0 heterocycles. The summed E-state index contributed by atoms with van der Waals surface area (Å²) in [6.07, 6.45) is 3.58. The fourth-order valence-electron chi connectivity index (χ4n) is 2.19. The summed E-state index contributed by atoms with van der Waals surface area (Å²) >= 11 is 0. The zero-order chi connectivity index (χ0) is 15.9. The number of nitrogens with one attached hydrogen (secondary N) is 1. The SMILES string of the molecule is C[C@@H](CN)NC(=O)CCCCc1ccc(C(C)(C)C)cc1.Cl.